The summed E-state index contributed by atoms with van der Waals surface area (Å²) in [5.74, 6) is -0.442. The van der Waals surface area contributed by atoms with Gasteiger partial charge in [-0.15, -0.1) is 0 Å². The van der Waals surface area contributed by atoms with E-state index in [-0.39, 0.29) is 24.5 Å². The largest absolute Gasteiger partial charge is 0.469 e. The molecule has 128 valence electrons. The molecule has 4 heteroatoms. The first-order chi connectivity index (χ1) is 11.0. The van der Waals surface area contributed by atoms with Crippen LogP contribution in [0.3, 0.4) is 0 Å². The number of nitrogens with zero attached hydrogens (tertiary/aromatic N) is 1. The molecule has 0 saturated carbocycles. The van der Waals surface area contributed by atoms with Crippen LogP contribution in [0.5, 0.6) is 0 Å². The summed E-state index contributed by atoms with van der Waals surface area (Å²) in [6.45, 7) is 6.14. The highest BCUT2D eigenvalue weighted by atomic mass is 19.1. The van der Waals surface area contributed by atoms with Crippen LogP contribution in [0.15, 0.2) is 29.3 Å². The summed E-state index contributed by atoms with van der Waals surface area (Å²) in [6.07, 6.45) is 1.95. The van der Waals surface area contributed by atoms with Gasteiger partial charge in [0.2, 0.25) is 0 Å². The number of hydrogen-bond acceptors (Lipinski definition) is 3. The van der Waals surface area contributed by atoms with Gasteiger partial charge in [0.1, 0.15) is 0 Å². The van der Waals surface area contributed by atoms with Crippen LogP contribution in [0, 0.1) is 12.8 Å². The number of hydrogen-bond donors (Lipinski definition) is 0. The summed E-state index contributed by atoms with van der Waals surface area (Å²) in [5, 5.41) is 0. The first kappa shape index (κ1) is 19.3. The number of esters is 1. The van der Waals surface area contributed by atoms with Crippen molar-refractivity contribution >= 4 is 11.7 Å². The molecule has 0 heterocycles. The third-order valence-electron chi connectivity index (χ3n) is 4.17. The van der Waals surface area contributed by atoms with Crippen molar-refractivity contribution in [3.63, 3.8) is 0 Å². The van der Waals surface area contributed by atoms with Gasteiger partial charge in [0.25, 0.3) is 0 Å². The second-order valence-electron chi connectivity index (χ2n) is 5.88. The van der Waals surface area contributed by atoms with Gasteiger partial charge >= 0.3 is 5.97 Å². The number of methoxy groups -OCH3 is 1. The molecule has 0 bridgehead atoms. The number of rotatable bonds is 9. The molecule has 0 aromatic heterocycles. The number of ether oxygens (including phenoxy) is 1. The molecular formula is C19H28FNO2. The second kappa shape index (κ2) is 10.1. The summed E-state index contributed by atoms with van der Waals surface area (Å²) in [6, 6.07) is 8.24. The zero-order valence-corrected chi connectivity index (χ0v) is 14.6. The van der Waals surface area contributed by atoms with Gasteiger partial charge in [-0.2, -0.15) is 0 Å². The monoisotopic (exact) mass is 321 g/mol. The average Bonchev–Trinajstić information content (AvgIpc) is 2.57. The lowest BCUT2D eigenvalue weighted by atomic mass is 9.82. The van der Waals surface area contributed by atoms with Crippen molar-refractivity contribution in [2.24, 2.45) is 10.9 Å². The van der Waals surface area contributed by atoms with Gasteiger partial charge in [0.05, 0.1) is 19.7 Å². The number of carbonyl (C=O) groups excluding carboxylic acids is 1. The predicted octanol–water partition coefficient (Wildman–Crippen LogP) is 4.49. The van der Waals surface area contributed by atoms with Gasteiger partial charge in [-0.1, -0.05) is 43.7 Å². The van der Waals surface area contributed by atoms with Crippen LogP contribution in [0.2, 0.25) is 0 Å². The highest BCUT2D eigenvalue weighted by Gasteiger charge is 2.27. The fourth-order valence-electron chi connectivity index (χ4n) is 2.62. The van der Waals surface area contributed by atoms with Crippen molar-refractivity contribution in [2.75, 3.05) is 20.3 Å². The molecule has 2 unspecified atom stereocenters. The van der Waals surface area contributed by atoms with E-state index in [1.165, 1.54) is 12.7 Å². The third kappa shape index (κ3) is 6.12. The molecule has 0 amide bonds. The van der Waals surface area contributed by atoms with E-state index in [9.17, 15) is 9.18 Å². The van der Waals surface area contributed by atoms with Gasteiger partial charge in [-0.3, -0.25) is 14.2 Å². The van der Waals surface area contributed by atoms with Crippen molar-refractivity contribution in [1.29, 1.82) is 0 Å². The van der Waals surface area contributed by atoms with Gasteiger partial charge in [-0.05, 0) is 31.7 Å². The average molecular weight is 321 g/mol. The highest BCUT2D eigenvalue weighted by molar-refractivity contribution is 5.86. The van der Waals surface area contributed by atoms with E-state index in [2.05, 4.69) is 29.3 Å². The van der Waals surface area contributed by atoms with Crippen LogP contribution in [-0.2, 0) is 9.53 Å². The minimum atomic E-state index is -0.347. The molecule has 1 aromatic rings. The van der Waals surface area contributed by atoms with E-state index in [0.717, 1.165) is 17.7 Å². The molecule has 0 saturated heterocycles. The quantitative estimate of drug-likeness (QED) is 0.382. The molecule has 0 fully saturated rings. The molecule has 3 nitrogen and oxygen atoms in total. The van der Waals surface area contributed by atoms with Crippen LogP contribution < -0.4 is 0 Å². The van der Waals surface area contributed by atoms with Crippen LogP contribution in [0.25, 0.3) is 0 Å². The first-order valence-electron chi connectivity index (χ1n) is 8.26. The van der Waals surface area contributed by atoms with Crippen LogP contribution in [-0.4, -0.2) is 32.0 Å². The normalized spacial score (nSPS) is 14.4. The molecule has 0 aliphatic heterocycles. The van der Waals surface area contributed by atoms with Crippen LogP contribution >= 0.6 is 0 Å². The van der Waals surface area contributed by atoms with Crippen molar-refractivity contribution in [2.45, 2.75) is 46.0 Å². The molecule has 1 rings (SSSR count). The Morgan fingerprint density at radius 3 is 2.48 bits per heavy atom. The van der Waals surface area contributed by atoms with Gasteiger partial charge < -0.3 is 4.74 Å². The maximum absolute atomic E-state index is 12.3. The molecule has 0 N–H and O–H groups in total. The van der Waals surface area contributed by atoms with E-state index < -0.39 is 0 Å². The standard InChI is InChI=1S/C19H28FNO2/c1-5-17(21-12-6-11-20)13-18(15(3)19(22)23-4)16-9-7-14(2)8-10-16/h7-10,15,18H,5-6,11-13H2,1-4H3/b21-17+. The van der Waals surface area contributed by atoms with Crippen LogP contribution in [0.1, 0.15) is 50.2 Å². The SMILES string of the molecule is CC/C(CC(c1ccc(C)cc1)C(C)C(=O)OC)=N\CCCF. The predicted molar refractivity (Wildman–Crippen MR) is 92.9 cm³/mol. The Balaban J connectivity index is 3.00. The van der Waals surface area contributed by atoms with Crippen molar-refractivity contribution in [3.05, 3.63) is 35.4 Å². The topological polar surface area (TPSA) is 38.7 Å². The molecule has 0 radical (unpaired) electrons. The maximum Gasteiger partial charge on any atom is 0.309 e. The molecule has 0 aliphatic carbocycles. The van der Waals surface area contributed by atoms with Gasteiger partial charge in [-0.25, -0.2) is 0 Å². The number of aliphatic imine (C=N–C) groups is 1. The second-order valence-corrected chi connectivity index (χ2v) is 5.88. The number of carbonyl (C=O) groups is 1. The Kier molecular flexibility index (Phi) is 8.52. The van der Waals surface area contributed by atoms with Gasteiger partial charge in [0, 0.05) is 18.2 Å². The number of halogens is 1. The molecule has 2 atom stereocenters. The maximum atomic E-state index is 12.3. The third-order valence-corrected chi connectivity index (χ3v) is 4.17. The molecule has 0 spiro atoms. The zero-order valence-electron chi connectivity index (χ0n) is 14.6. The Hall–Kier alpha value is -1.71. The number of aryl methyl sites for hydroxylation is 1. The summed E-state index contributed by atoms with van der Waals surface area (Å²) in [7, 11) is 1.42. The fourth-order valence-corrected chi connectivity index (χ4v) is 2.62. The smallest absolute Gasteiger partial charge is 0.309 e. The lowest BCUT2D eigenvalue weighted by Crippen LogP contribution is -2.23. The summed E-state index contributed by atoms with van der Waals surface area (Å²) in [4.78, 5) is 16.5. The highest BCUT2D eigenvalue weighted by Crippen LogP contribution is 2.30. The minimum Gasteiger partial charge on any atom is -0.469 e. The Labute approximate surface area is 139 Å². The fraction of sp³-hybridized carbons (Fsp3) is 0.579. The van der Waals surface area contributed by atoms with E-state index in [4.69, 9.17) is 4.74 Å². The molecular weight excluding hydrogens is 293 g/mol. The molecule has 1 aromatic carbocycles. The summed E-state index contributed by atoms with van der Waals surface area (Å²) in [5.41, 5.74) is 3.32. The zero-order chi connectivity index (χ0) is 17.2. The first-order valence-corrected chi connectivity index (χ1v) is 8.26. The van der Waals surface area contributed by atoms with Crippen molar-refractivity contribution in [1.82, 2.24) is 0 Å². The van der Waals surface area contributed by atoms with Crippen molar-refractivity contribution in [3.8, 4) is 0 Å². The molecule has 23 heavy (non-hydrogen) atoms. The summed E-state index contributed by atoms with van der Waals surface area (Å²) < 4.78 is 17.2. The molecule has 0 aliphatic rings. The summed E-state index contributed by atoms with van der Waals surface area (Å²) >= 11 is 0. The number of benzene rings is 1. The van der Waals surface area contributed by atoms with E-state index in [1.807, 2.05) is 20.8 Å². The van der Waals surface area contributed by atoms with Crippen molar-refractivity contribution < 1.29 is 13.9 Å². The lowest BCUT2D eigenvalue weighted by Gasteiger charge is -2.23. The lowest BCUT2D eigenvalue weighted by molar-refractivity contribution is -0.145. The number of alkyl halides is 1. The minimum absolute atomic E-state index is 0.0205. The van der Waals surface area contributed by atoms with E-state index in [1.54, 1.807) is 0 Å². The Bertz CT molecular complexity index is 511. The Morgan fingerprint density at radius 2 is 1.96 bits per heavy atom. The van der Waals surface area contributed by atoms with Crippen LogP contribution in [0.4, 0.5) is 4.39 Å². The van der Waals surface area contributed by atoms with E-state index >= 15 is 0 Å². The van der Waals surface area contributed by atoms with E-state index in [0.29, 0.717) is 19.4 Å². The van der Waals surface area contributed by atoms with Gasteiger partial charge in [0.15, 0.2) is 0 Å². The Morgan fingerprint density at radius 1 is 1.30 bits per heavy atom.